The molecule has 0 radical (unpaired) electrons. The predicted molar refractivity (Wildman–Crippen MR) is 84.0 cm³/mol. The van der Waals surface area contributed by atoms with Gasteiger partial charge in [0.1, 0.15) is 5.60 Å². The van der Waals surface area contributed by atoms with E-state index in [2.05, 4.69) is 35.9 Å². The number of ether oxygens (including phenoxy) is 1. The first-order valence-electron chi connectivity index (χ1n) is 7.00. The van der Waals surface area contributed by atoms with Gasteiger partial charge in [0.05, 0.1) is 0 Å². The Labute approximate surface area is 125 Å². The maximum atomic E-state index is 11.7. The molecular weight excluding hydrogens is 272 g/mol. The second-order valence-corrected chi connectivity index (χ2v) is 7.23. The van der Waals surface area contributed by atoms with Crippen LogP contribution < -0.4 is 10.6 Å². The summed E-state index contributed by atoms with van der Waals surface area (Å²) < 4.78 is 5.24. The maximum absolute atomic E-state index is 11.7. The fourth-order valence-electron chi connectivity index (χ4n) is 1.70. The summed E-state index contributed by atoms with van der Waals surface area (Å²) in [6.45, 7) is 11.3. The lowest BCUT2D eigenvalue weighted by Gasteiger charge is -2.24. The first kappa shape index (κ1) is 17.0. The van der Waals surface area contributed by atoms with E-state index in [4.69, 9.17) is 4.74 Å². The van der Waals surface area contributed by atoms with E-state index in [1.54, 1.807) is 11.3 Å². The van der Waals surface area contributed by atoms with Crippen LogP contribution in [-0.2, 0) is 11.3 Å². The summed E-state index contributed by atoms with van der Waals surface area (Å²) in [6.07, 6.45) is -0.360. The van der Waals surface area contributed by atoms with Crippen LogP contribution in [0.1, 0.15) is 39.5 Å². The molecule has 1 rings (SSSR count). The van der Waals surface area contributed by atoms with Crippen molar-refractivity contribution in [1.29, 1.82) is 0 Å². The minimum atomic E-state index is -0.457. The second kappa shape index (κ2) is 7.64. The molecule has 4 nitrogen and oxygen atoms in total. The molecule has 0 bridgehead atoms. The largest absolute Gasteiger partial charge is 0.444 e. The van der Waals surface area contributed by atoms with Crippen LogP contribution in [0.5, 0.6) is 0 Å². The number of thiophene rings is 1. The standard InChI is InChI=1S/C15H26N2O2S/c1-11(2)13(16-9-12-7-6-8-20-12)10-17-14(18)19-15(3,4)5/h6-8,11,13,16H,9-10H2,1-5H3,(H,17,18). The van der Waals surface area contributed by atoms with Crippen LogP contribution in [0.4, 0.5) is 4.79 Å². The van der Waals surface area contributed by atoms with E-state index in [1.807, 2.05) is 26.8 Å². The van der Waals surface area contributed by atoms with Crippen molar-refractivity contribution in [3.63, 3.8) is 0 Å². The monoisotopic (exact) mass is 298 g/mol. The molecule has 1 atom stereocenters. The number of carbonyl (C=O) groups is 1. The number of alkyl carbamates (subject to hydrolysis) is 1. The van der Waals surface area contributed by atoms with E-state index >= 15 is 0 Å². The third-order valence-corrected chi connectivity index (χ3v) is 3.66. The molecule has 0 saturated heterocycles. The van der Waals surface area contributed by atoms with Gasteiger partial charge in [0.15, 0.2) is 0 Å². The number of amides is 1. The first-order chi connectivity index (χ1) is 9.28. The fraction of sp³-hybridized carbons (Fsp3) is 0.667. The number of hydrogen-bond donors (Lipinski definition) is 2. The Morgan fingerprint density at radius 1 is 1.40 bits per heavy atom. The molecule has 0 aromatic carbocycles. The van der Waals surface area contributed by atoms with Crippen molar-refractivity contribution in [1.82, 2.24) is 10.6 Å². The number of nitrogens with one attached hydrogen (secondary N) is 2. The average Bonchev–Trinajstić information content (AvgIpc) is 2.78. The highest BCUT2D eigenvalue weighted by Gasteiger charge is 2.18. The summed E-state index contributed by atoms with van der Waals surface area (Å²) in [5.74, 6) is 0.435. The minimum absolute atomic E-state index is 0.226. The van der Waals surface area contributed by atoms with Crippen molar-refractivity contribution in [3.8, 4) is 0 Å². The van der Waals surface area contributed by atoms with Crippen molar-refractivity contribution in [3.05, 3.63) is 22.4 Å². The first-order valence-corrected chi connectivity index (χ1v) is 7.88. The van der Waals surface area contributed by atoms with Gasteiger partial charge < -0.3 is 15.4 Å². The molecule has 5 heteroatoms. The minimum Gasteiger partial charge on any atom is -0.444 e. The van der Waals surface area contributed by atoms with Crippen LogP contribution in [0, 0.1) is 5.92 Å². The third kappa shape index (κ3) is 6.91. The number of hydrogen-bond acceptors (Lipinski definition) is 4. The molecule has 20 heavy (non-hydrogen) atoms. The van der Waals surface area contributed by atoms with Crippen molar-refractivity contribution >= 4 is 17.4 Å². The van der Waals surface area contributed by atoms with Crippen LogP contribution in [0.25, 0.3) is 0 Å². The molecule has 1 unspecified atom stereocenters. The van der Waals surface area contributed by atoms with Gasteiger partial charge in [-0.2, -0.15) is 0 Å². The van der Waals surface area contributed by atoms with Crippen LogP contribution >= 0.6 is 11.3 Å². The highest BCUT2D eigenvalue weighted by Crippen LogP contribution is 2.10. The van der Waals surface area contributed by atoms with Gasteiger partial charge >= 0.3 is 6.09 Å². The Kier molecular flexibility index (Phi) is 6.49. The second-order valence-electron chi connectivity index (χ2n) is 6.19. The van der Waals surface area contributed by atoms with E-state index in [9.17, 15) is 4.79 Å². The van der Waals surface area contributed by atoms with Gasteiger partial charge in [-0.05, 0) is 38.1 Å². The molecule has 1 aromatic heterocycles. The van der Waals surface area contributed by atoms with E-state index in [0.717, 1.165) is 6.54 Å². The molecule has 1 amide bonds. The lowest BCUT2D eigenvalue weighted by atomic mass is 10.0. The van der Waals surface area contributed by atoms with E-state index < -0.39 is 5.60 Å². The molecule has 2 N–H and O–H groups in total. The Morgan fingerprint density at radius 2 is 2.10 bits per heavy atom. The molecule has 0 spiro atoms. The SMILES string of the molecule is CC(C)C(CNC(=O)OC(C)(C)C)NCc1cccs1. The predicted octanol–water partition coefficient (Wildman–Crippen LogP) is 3.39. The molecule has 0 fully saturated rings. The van der Waals surface area contributed by atoms with Crippen molar-refractivity contribution < 1.29 is 9.53 Å². The highest BCUT2D eigenvalue weighted by atomic mass is 32.1. The van der Waals surface area contributed by atoms with E-state index in [0.29, 0.717) is 12.5 Å². The van der Waals surface area contributed by atoms with Crippen LogP contribution in [-0.4, -0.2) is 24.3 Å². The molecule has 1 aromatic rings. The zero-order valence-corrected chi connectivity index (χ0v) is 13.8. The normalized spacial score (nSPS) is 13.3. The average molecular weight is 298 g/mol. The highest BCUT2D eigenvalue weighted by molar-refractivity contribution is 7.09. The van der Waals surface area contributed by atoms with Crippen molar-refractivity contribution in [2.45, 2.75) is 52.8 Å². The Hall–Kier alpha value is -1.07. The van der Waals surface area contributed by atoms with Gasteiger partial charge in [0, 0.05) is 24.0 Å². The van der Waals surface area contributed by atoms with Crippen LogP contribution in [0.15, 0.2) is 17.5 Å². The quantitative estimate of drug-likeness (QED) is 0.846. The summed E-state index contributed by atoms with van der Waals surface area (Å²) in [5, 5.41) is 8.38. The van der Waals surface area contributed by atoms with Crippen LogP contribution in [0.3, 0.4) is 0 Å². The van der Waals surface area contributed by atoms with Gasteiger partial charge in [-0.15, -0.1) is 11.3 Å². The zero-order chi connectivity index (χ0) is 15.2. The van der Waals surface area contributed by atoms with E-state index in [-0.39, 0.29) is 12.1 Å². The number of rotatable bonds is 6. The molecule has 0 aliphatic carbocycles. The maximum Gasteiger partial charge on any atom is 0.407 e. The molecular formula is C15H26N2O2S. The third-order valence-electron chi connectivity index (χ3n) is 2.79. The molecule has 0 aliphatic heterocycles. The van der Waals surface area contributed by atoms with Gasteiger partial charge in [0.2, 0.25) is 0 Å². The lowest BCUT2D eigenvalue weighted by molar-refractivity contribution is 0.0519. The van der Waals surface area contributed by atoms with Gasteiger partial charge in [-0.1, -0.05) is 19.9 Å². The van der Waals surface area contributed by atoms with Crippen molar-refractivity contribution in [2.24, 2.45) is 5.92 Å². The summed E-state index contributed by atoms with van der Waals surface area (Å²) in [7, 11) is 0. The molecule has 114 valence electrons. The number of carbonyl (C=O) groups excluding carboxylic acids is 1. The van der Waals surface area contributed by atoms with Crippen LogP contribution in [0.2, 0.25) is 0 Å². The Balaban J connectivity index is 2.37. The molecule has 0 aliphatic rings. The lowest BCUT2D eigenvalue weighted by Crippen LogP contribution is -2.45. The van der Waals surface area contributed by atoms with Gasteiger partial charge in [-0.3, -0.25) is 0 Å². The molecule has 1 heterocycles. The topological polar surface area (TPSA) is 50.4 Å². The summed E-state index contributed by atoms with van der Waals surface area (Å²) in [5.41, 5.74) is -0.457. The summed E-state index contributed by atoms with van der Waals surface area (Å²) in [4.78, 5) is 13.0. The van der Waals surface area contributed by atoms with Crippen molar-refractivity contribution in [2.75, 3.05) is 6.54 Å². The van der Waals surface area contributed by atoms with E-state index in [1.165, 1.54) is 4.88 Å². The van der Waals surface area contributed by atoms with Gasteiger partial charge in [-0.25, -0.2) is 4.79 Å². The summed E-state index contributed by atoms with van der Waals surface area (Å²) >= 11 is 1.73. The van der Waals surface area contributed by atoms with Gasteiger partial charge in [0.25, 0.3) is 0 Å². The summed E-state index contributed by atoms with van der Waals surface area (Å²) in [6, 6.07) is 4.38. The zero-order valence-electron chi connectivity index (χ0n) is 13.0. The smallest absolute Gasteiger partial charge is 0.407 e. The fourth-order valence-corrected chi connectivity index (χ4v) is 2.35. The molecule has 0 saturated carbocycles. The Bertz CT molecular complexity index is 397. The Morgan fingerprint density at radius 3 is 2.60 bits per heavy atom.